The Balaban J connectivity index is 1.91. The van der Waals surface area contributed by atoms with E-state index in [1.807, 2.05) is 0 Å². The van der Waals surface area contributed by atoms with Gasteiger partial charge in [0.25, 0.3) is 0 Å². The van der Waals surface area contributed by atoms with Crippen molar-refractivity contribution < 1.29 is 0 Å². The van der Waals surface area contributed by atoms with E-state index >= 15 is 0 Å². The minimum atomic E-state index is 0.279. The highest BCUT2D eigenvalue weighted by atomic mass is 15.2. The lowest BCUT2D eigenvalue weighted by atomic mass is 9.80. The summed E-state index contributed by atoms with van der Waals surface area (Å²) in [6, 6.07) is 9.98. The van der Waals surface area contributed by atoms with Crippen LogP contribution < -0.4 is 0 Å². The summed E-state index contributed by atoms with van der Waals surface area (Å²) in [6.45, 7) is 8.37. The van der Waals surface area contributed by atoms with Crippen molar-refractivity contribution in [2.45, 2.75) is 83.2 Å². The molecule has 1 saturated carbocycles. The minimum Gasteiger partial charge on any atom is -0.291 e. The van der Waals surface area contributed by atoms with E-state index in [0.717, 1.165) is 5.92 Å². The second-order valence-corrected chi connectivity index (χ2v) is 7.99. The average Bonchev–Trinajstić information content (AvgIpc) is 2.98. The third kappa shape index (κ3) is 3.18. The summed E-state index contributed by atoms with van der Waals surface area (Å²) in [5, 5.41) is 0. The largest absolute Gasteiger partial charge is 0.291 e. The molecule has 0 spiro atoms. The van der Waals surface area contributed by atoms with Gasteiger partial charge in [-0.15, -0.1) is 0 Å². The molecule has 0 unspecified atom stereocenters. The maximum atomic E-state index is 2.73. The first kappa shape index (κ1) is 15.1. The van der Waals surface area contributed by atoms with Gasteiger partial charge in [0, 0.05) is 11.6 Å². The molecule has 1 aliphatic carbocycles. The molecule has 0 bridgehead atoms. The summed E-state index contributed by atoms with van der Waals surface area (Å²) in [5.74, 6) is 0.817. The van der Waals surface area contributed by atoms with Gasteiger partial charge in [-0.05, 0) is 70.0 Å². The van der Waals surface area contributed by atoms with Crippen molar-refractivity contribution in [1.29, 1.82) is 0 Å². The van der Waals surface area contributed by atoms with Gasteiger partial charge in [0.05, 0.1) is 0 Å². The summed E-state index contributed by atoms with van der Waals surface area (Å²) in [5.41, 5.74) is 3.58. The fraction of sp³-hybridized carbons (Fsp3) is 0.700. The Morgan fingerprint density at radius 2 is 1.52 bits per heavy atom. The molecule has 0 aromatic heterocycles. The van der Waals surface area contributed by atoms with Gasteiger partial charge in [0.1, 0.15) is 0 Å². The smallest absolute Gasteiger partial charge is 0.0356 e. The molecule has 21 heavy (non-hydrogen) atoms. The molecule has 0 radical (unpaired) electrons. The van der Waals surface area contributed by atoms with Gasteiger partial charge in [-0.3, -0.25) is 4.90 Å². The van der Waals surface area contributed by atoms with E-state index in [0.29, 0.717) is 6.04 Å². The number of hydrogen-bond donors (Lipinski definition) is 0. The molecular formula is C20H31N. The van der Waals surface area contributed by atoms with Crippen LogP contribution in [0.5, 0.6) is 0 Å². The standard InChI is InChI=1S/C20H31N/c1-20(2,3)21-15-9-14-19(21)18-13-8-7-12-17(18)16-10-5-4-6-11-16/h7-8,12-13,16,19H,4-6,9-11,14-15H2,1-3H3/t19-/m1/s1. The highest BCUT2D eigenvalue weighted by molar-refractivity contribution is 5.34. The second-order valence-electron chi connectivity index (χ2n) is 7.99. The van der Waals surface area contributed by atoms with E-state index in [4.69, 9.17) is 0 Å². The number of rotatable bonds is 2. The van der Waals surface area contributed by atoms with E-state index < -0.39 is 0 Å². The van der Waals surface area contributed by atoms with E-state index in [9.17, 15) is 0 Å². The first-order valence-corrected chi connectivity index (χ1v) is 8.93. The lowest BCUT2D eigenvalue weighted by Crippen LogP contribution is -2.40. The summed E-state index contributed by atoms with van der Waals surface area (Å²) in [4.78, 5) is 2.73. The SMILES string of the molecule is CC(C)(C)N1CCC[C@@H]1c1ccccc1C1CCCCC1. The van der Waals surface area contributed by atoms with Crippen molar-refractivity contribution in [3.8, 4) is 0 Å². The van der Waals surface area contributed by atoms with Gasteiger partial charge < -0.3 is 0 Å². The van der Waals surface area contributed by atoms with Gasteiger partial charge >= 0.3 is 0 Å². The quantitative estimate of drug-likeness (QED) is 0.676. The van der Waals surface area contributed by atoms with E-state index in [1.54, 1.807) is 11.1 Å². The molecule has 2 aliphatic rings. The minimum absolute atomic E-state index is 0.279. The van der Waals surface area contributed by atoms with E-state index in [2.05, 4.69) is 49.9 Å². The van der Waals surface area contributed by atoms with Crippen LogP contribution in [0.2, 0.25) is 0 Å². The molecule has 116 valence electrons. The van der Waals surface area contributed by atoms with Gasteiger partial charge in [-0.1, -0.05) is 43.5 Å². The van der Waals surface area contributed by atoms with Crippen molar-refractivity contribution in [1.82, 2.24) is 4.90 Å². The molecule has 0 amide bonds. The van der Waals surface area contributed by atoms with Crippen LogP contribution in [0, 0.1) is 0 Å². The van der Waals surface area contributed by atoms with Gasteiger partial charge in [-0.2, -0.15) is 0 Å². The Bertz CT molecular complexity index is 465. The van der Waals surface area contributed by atoms with E-state index in [-0.39, 0.29) is 5.54 Å². The number of hydrogen-bond acceptors (Lipinski definition) is 1. The molecule has 1 aromatic rings. The zero-order valence-electron chi connectivity index (χ0n) is 14.1. The molecule has 1 heterocycles. The third-order valence-electron chi connectivity index (χ3n) is 5.51. The Kier molecular flexibility index (Phi) is 4.40. The van der Waals surface area contributed by atoms with Crippen LogP contribution in [-0.2, 0) is 0 Å². The Morgan fingerprint density at radius 1 is 0.857 bits per heavy atom. The Labute approximate surface area is 130 Å². The molecule has 2 fully saturated rings. The molecule has 1 aromatic carbocycles. The summed E-state index contributed by atoms with van der Waals surface area (Å²) < 4.78 is 0. The Morgan fingerprint density at radius 3 is 2.19 bits per heavy atom. The van der Waals surface area contributed by atoms with Crippen LogP contribution in [0.1, 0.15) is 88.8 Å². The average molecular weight is 285 g/mol. The van der Waals surface area contributed by atoms with Crippen molar-refractivity contribution in [3.05, 3.63) is 35.4 Å². The fourth-order valence-electron chi connectivity index (χ4n) is 4.49. The van der Waals surface area contributed by atoms with Crippen molar-refractivity contribution in [3.63, 3.8) is 0 Å². The van der Waals surface area contributed by atoms with Gasteiger partial charge in [-0.25, -0.2) is 0 Å². The first-order chi connectivity index (χ1) is 10.1. The predicted molar refractivity (Wildman–Crippen MR) is 90.7 cm³/mol. The van der Waals surface area contributed by atoms with Crippen molar-refractivity contribution in [2.24, 2.45) is 0 Å². The normalized spacial score (nSPS) is 25.4. The molecule has 1 atom stereocenters. The summed E-state index contributed by atoms with van der Waals surface area (Å²) in [7, 11) is 0. The maximum Gasteiger partial charge on any atom is 0.0356 e. The molecule has 0 N–H and O–H groups in total. The number of nitrogens with zero attached hydrogens (tertiary/aromatic N) is 1. The summed E-state index contributed by atoms with van der Waals surface area (Å²) >= 11 is 0. The summed E-state index contributed by atoms with van der Waals surface area (Å²) in [6.07, 6.45) is 9.77. The number of likely N-dealkylation sites (tertiary alicyclic amines) is 1. The lowest BCUT2D eigenvalue weighted by molar-refractivity contribution is 0.121. The van der Waals surface area contributed by atoms with Crippen LogP contribution in [0.4, 0.5) is 0 Å². The molecule has 1 aliphatic heterocycles. The molecule has 3 rings (SSSR count). The van der Waals surface area contributed by atoms with Crippen LogP contribution in [0.15, 0.2) is 24.3 Å². The maximum absolute atomic E-state index is 2.73. The molecular weight excluding hydrogens is 254 g/mol. The first-order valence-electron chi connectivity index (χ1n) is 8.93. The Hall–Kier alpha value is -0.820. The predicted octanol–water partition coefficient (Wildman–Crippen LogP) is 5.67. The lowest BCUT2D eigenvalue weighted by Gasteiger charge is -2.38. The van der Waals surface area contributed by atoms with Gasteiger partial charge in [0.2, 0.25) is 0 Å². The highest BCUT2D eigenvalue weighted by Crippen LogP contribution is 2.42. The molecule has 1 heteroatoms. The third-order valence-corrected chi connectivity index (χ3v) is 5.51. The van der Waals surface area contributed by atoms with Crippen molar-refractivity contribution >= 4 is 0 Å². The van der Waals surface area contributed by atoms with Crippen LogP contribution in [-0.4, -0.2) is 17.0 Å². The monoisotopic (exact) mass is 285 g/mol. The fourth-order valence-corrected chi connectivity index (χ4v) is 4.49. The topological polar surface area (TPSA) is 3.24 Å². The van der Waals surface area contributed by atoms with Crippen molar-refractivity contribution in [2.75, 3.05) is 6.54 Å². The molecule has 1 saturated heterocycles. The highest BCUT2D eigenvalue weighted by Gasteiger charge is 2.35. The van der Waals surface area contributed by atoms with Gasteiger partial charge in [0.15, 0.2) is 0 Å². The second kappa shape index (κ2) is 6.12. The van der Waals surface area contributed by atoms with Crippen LogP contribution >= 0.6 is 0 Å². The van der Waals surface area contributed by atoms with Crippen LogP contribution in [0.25, 0.3) is 0 Å². The number of benzene rings is 1. The zero-order chi connectivity index (χ0) is 14.9. The molecule has 1 nitrogen and oxygen atoms in total. The zero-order valence-corrected chi connectivity index (χ0v) is 14.1. The van der Waals surface area contributed by atoms with Crippen LogP contribution in [0.3, 0.4) is 0 Å². The van der Waals surface area contributed by atoms with E-state index in [1.165, 1.54) is 51.5 Å².